The van der Waals surface area contributed by atoms with Crippen LogP contribution in [-0.2, 0) is 27.8 Å². The molecule has 0 bridgehead atoms. The van der Waals surface area contributed by atoms with Crippen LogP contribution < -0.4 is 21.3 Å². The van der Waals surface area contributed by atoms with Crippen LogP contribution in [0.5, 0.6) is 0 Å². The molecule has 0 aliphatic carbocycles. The SMILES string of the molecule is COC(=O)c1ccc(CN(c2ccc3c(c2)CNC3C(C)(C)C)S(C)(=O)=O)cc1.NN.O. The first-order chi connectivity index (χ1) is 14.5. The second-order valence-corrected chi connectivity index (χ2v) is 10.4. The van der Waals surface area contributed by atoms with Gasteiger partial charge in [-0.1, -0.05) is 39.0 Å². The van der Waals surface area contributed by atoms with E-state index in [2.05, 4.69) is 37.8 Å². The minimum Gasteiger partial charge on any atom is -0.465 e. The van der Waals surface area contributed by atoms with E-state index in [0.717, 1.165) is 17.7 Å². The molecular weight excluding hydrogens is 432 g/mol. The van der Waals surface area contributed by atoms with Gasteiger partial charge in [0.1, 0.15) is 0 Å². The first-order valence-electron chi connectivity index (χ1n) is 9.85. The van der Waals surface area contributed by atoms with E-state index >= 15 is 0 Å². The highest BCUT2D eigenvalue weighted by molar-refractivity contribution is 7.92. The highest BCUT2D eigenvalue weighted by Crippen LogP contribution is 2.40. The number of carbonyl (C=O) groups excluding carboxylic acids is 1. The van der Waals surface area contributed by atoms with Crippen molar-refractivity contribution < 1.29 is 23.4 Å². The summed E-state index contributed by atoms with van der Waals surface area (Å²) < 4.78 is 31.1. The van der Waals surface area contributed by atoms with E-state index in [-0.39, 0.29) is 23.5 Å². The smallest absolute Gasteiger partial charge is 0.337 e. The van der Waals surface area contributed by atoms with E-state index in [1.165, 1.54) is 23.2 Å². The fourth-order valence-corrected chi connectivity index (χ4v) is 4.59. The van der Waals surface area contributed by atoms with Crippen molar-refractivity contribution in [3.8, 4) is 0 Å². The average Bonchev–Trinajstić information content (AvgIpc) is 3.16. The van der Waals surface area contributed by atoms with Crippen LogP contribution in [0.3, 0.4) is 0 Å². The Kier molecular flexibility index (Phi) is 9.37. The predicted molar refractivity (Wildman–Crippen MR) is 126 cm³/mol. The van der Waals surface area contributed by atoms with E-state index in [9.17, 15) is 13.2 Å². The summed E-state index contributed by atoms with van der Waals surface area (Å²) in [6.07, 6.45) is 1.21. The van der Waals surface area contributed by atoms with Crippen molar-refractivity contribution in [3.63, 3.8) is 0 Å². The number of sulfonamides is 1. The normalized spacial score (nSPS) is 15.0. The van der Waals surface area contributed by atoms with Gasteiger partial charge in [-0.25, -0.2) is 13.2 Å². The molecule has 7 N–H and O–H groups in total. The molecule has 1 aliphatic heterocycles. The number of methoxy groups -OCH3 is 1. The zero-order valence-corrected chi connectivity index (χ0v) is 20.0. The summed E-state index contributed by atoms with van der Waals surface area (Å²) in [5, 5.41) is 3.53. The summed E-state index contributed by atoms with van der Waals surface area (Å²) in [5.74, 6) is 7.58. The fourth-order valence-electron chi connectivity index (χ4n) is 3.71. The molecule has 0 radical (unpaired) electrons. The largest absolute Gasteiger partial charge is 0.465 e. The maximum Gasteiger partial charge on any atom is 0.337 e. The lowest BCUT2D eigenvalue weighted by Gasteiger charge is -2.28. The number of nitrogens with zero attached hydrogens (tertiary/aromatic N) is 1. The Morgan fingerprint density at radius 2 is 1.75 bits per heavy atom. The molecule has 0 saturated heterocycles. The first-order valence-corrected chi connectivity index (χ1v) is 11.7. The van der Waals surface area contributed by atoms with Gasteiger partial charge >= 0.3 is 5.97 Å². The second-order valence-electron chi connectivity index (χ2n) is 8.52. The summed E-state index contributed by atoms with van der Waals surface area (Å²) in [4.78, 5) is 11.6. The Balaban J connectivity index is 0.00000166. The van der Waals surface area contributed by atoms with Gasteiger partial charge in [0, 0.05) is 12.6 Å². The van der Waals surface area contributed by atoms with E-state index in [1.54, 1.807) is 24.3 Å². The Hall–Kier alpha value is -2.50. The van der Waals surface area contributed by atoms with Crippen molar-refractivity contribution in [2.45, 2.75) is 39.9 Å². The molecule has 3 rings (SSSR count). The molecule has 1 unspecified atom stereocenters. The Morgan fingerprint density at radius 3 is 2.25 bits per heavy atom. The van der Waals surface area contributed by atoms with Gasteiger partial charge in [-0.05, 0) is 46.4 Å². The molecule has 9 nitrogen and oxygen atoms in total. The topological polar surface area (TPSA) is 159 Å². The molecule has 1 aliphatic rings. The van der Waals surface area contributed by atoms with Crippen molar-refractivity contribution in [3.05, 3.63) is 64.7 Å². The number of fused-ring (bicyclic) bond motifs is 1. The molecule has 0 spiro atoms. The molecule has 32 heavy (non-hydrogen) atoms. The maximum atomic E-state index is 12.5. The Bertz CT molecular complexity index is 1020. The Labute approximate surface area is 190 Å². The number of benzene rings is 2. The number of carbonyl (C=O) groups is 1. The van der Waals surface area contributed by atoms with Crippen LogP contribution in [0.15, 0.2) is 42.5 Å². The number of hydrazine groups is 1. The molecule has 1 atom stereocenters. The molecular formula is C22H34N4O5S. The summed E-state index contributed by atoms with van der Waals surface area (Å²) in [5.41, 5.74) is 4.27. The third-order valence-electron chi connectivity index (χ3n) is 5.19. The lowest BCUT2D eigenvalue weighted by atomic mass is 9.83. The number of esters is 1. The standard InChI is InChI=1S/C22H28N2O4S.H4N2.H2O/c1-22(2,3)20-19-11-10-18(12-17(19)13-23-20)24(29(5,26)27)14-15-6-8-16(9-7-15)21(25)28-4;1-2;/h6-12,20,23H,13-14H2,1-5H3;1-2H2;1H2. The third kappa shape index (κ3) is 6.27. The predicted octanol–water partition coefficient (Wildman–Crippen LogP) is 1.62. The van der Waals surface area contributed by atoms with E-state index in [1.807, 2.05) is 18.2 Å². The fraction of sp³-hybridized carbons (Fsp3) is 0.409. The molecule has 2 aromatic rings. The number of hydrogen-bond acceptors (Lipinski definition) is 7. The molecule has 0 saturated carbocycles. The van der Waals surface area contributed by atoms with Crippen LogP contribution in [0.2, 0.25) is 0 Å². The molecule has 1 heterocycles. The molecule has 0 amide bonds. The lowest BCUT2D eigenvalue weighted by Crippen LogP contribution is -2.29. The molecule has 0 aromatic heterocycles. The van der Waals surface area contributed by atoms with Crippen molar-refractivity contribution >= 4 is 21.7 Å². The van der Waals surface area contributed by atoms with Gasteiger partial charge in [-0.15, -0.1) is 0 Å². The van der Waals surface area contributed by atoms with Gasteiger partial charge in [-0.3, -0.25) is 16.0 Å². The monoisotopic (exact) mass is 466 g/mol. The van der Waals surface area contributed by atoms with E-state index < -0.39 is 16.0 Å². The zero-order chi connectivity index (χ0) is 23.4. The summed E-state index contributed by atoms with van der Waals surface area (Å²) >= 11 is 0. The first kappa shape index (κ1) is 27.5. The van der Waals surface area contributed by atoms with Crippen LogP contribution >= 0.6 is 0 Å². The third-order valence-corrected chi connectivity index (χ3v) is 6.33. The summed E-state index contributed by atoms with van der Waals surface area (Å²) in [6.45, 7) is 7.48. The second kappa shape index (κ2) is 10.9. The average molecular weight is 467 g/mol. The van der Waals surface area contributed by atoms with Crippen molar-refractivity contribution in [2.75, 3.05) is 17.7 Å². The quantitative estimate of drug-likeness (QED) is 0.343. The number of rotatable bonds is 5. The van der Waals surface area contributed by atoms with Crippen molar-refractivity contribution in [2.24, 2.45) is 17.1 Å². The van der Waals surface area contributed by atoms with Gasteiger partial charge in [0.25, 0.3) is 0 Å². The van der Waals surface area contributed by atoms with E-state index in [4.69, 9.17) is 4.74 Å². The number of nitrogens with two attached hydrogens (primary N) is 2. The van der Waals surface area contributed by atoms with Crippen molar-refractivity contribution in [1.29, 1.82) is 0 Å². The van der Waals surface area contributed by atoms with Gasteiger partial charge in [0.05, 0.1) is 31.2 Å². The molecule has 0 fully saturated rings. The molecule has 178 valence electrons. The van der Waals surface area contributed by atoms with Gasteiger partial charge in [-0.2, -0.15) is 0 Å². The molecule has 2 aromatic carbocycles. The van der Waals surface area contributed by atoms with Crippen molar-refractivity contribution in [1.82, 2.24) is 5.32 Å². The number of anilines is 1. The highest BCUT2D eigenvalue weighted by Gasteiger charge is 2.32. The van der Waals surface area contributed by atoms with Gasteiger partial charge < -0.3 is 15.5 Å². The maximum absolute atomic E-state index is 12.5. The van der Waals surface area contributed by atoms with Gasteiger partial charge in [0.2, 0.25) is 10.0 Å². The van der Waals surface area contributed by atoms with Gasteiger partial charge in [0.15, 0.2) is 0 Å². The Morgan fingerprint density at radius 1 is 1.16 bits per heavy atom. The number of ether oxygens (including phenoxy) is 1. The number of hydrogen-bond donors (Lipinski definition) is 3. The van der Waals surface area contributed by atoms with Crippen LogP contribution in [0, 0.1) is 5.41 Å². The number of nitrogens with one attached hydrogen (secondary N) is 1. The van der Waals surface area contributed by atoms with E-state index in [0.29, 0.717) is 11.3 Å². The lowest BCUT2D eigenvalue weighted by molar-refractivity contribution is 0.0600. The van der Waals surface area contributed by atoms with Crippen LogP contribution in [-0.4, -0.2) is 33.2 Å². The minimum atomic E-state index is -3.49. The van der Waals surface area contributed by atoms with Crippen LogP contribution in [0.1, 0.15) is 53.9 Å². The van der Waals surface area contributed by atoms with Crippen LogP contribution in [0.25, 0.3) is 0 Å². The minimum absolute atomic E-state index is 0. The van der Waals surface area contributed by atoms with Crippen LogP contribution in [0.4, 0.5) is 5.69 Å². The summed E-state index contributed by atoms with van der Waals surface area (Å²) in [7, 11) is -2.16. The highest BCUT2D eigenvalue weighted by atomic mass is 32.2. The zero-order valence-electron chi connectivity index (χ0n) is 19.2. The molecule has 10 heteroatoms. The summed E-state index contributed by atoms with van der Waals surface area (Å²) in [6, 6.07) is 12.9.